The molecule has 27 heavy (non-hydrogen) atoms. The van der Waals surface area contributed by atoms with Crippen LogP contribution in [0.25, 0.3) is 0 Å². The van der Waals surface area contributed by atoms with Crippen LogP contribution in [0.1, 0.15) is 29.9 Å². The van der Waals surface area contributed by atoms with E-state index in [0.29, 0.717) is 23.7 Å². The number of carbonyl (C=O) groups is 1. The van der Waals surface area contributed by atoms with E-state index in [1.54, 1.807) is 18.2 Å². The average Bonchev–Trinajstić information content (AvgIpc) is 2.68. The molecule has 1 aromatic heterocycles. The number of carbonyl (C=O) groups excluding carboxylic acids is 1. The van der Waals surface area contributed by atoms with Gasteiger partial charge in [0.1, 0.15) is 23.6 Å². The predicted molar refractivity (Wildman–Crippen MR) is 106 cm³/mol. The molecule has 0 aliphatic heterocycles. The molecule has 0 fully saturated rings. The van der Waals surface area contributed by atoms with E-state index < -0.39 is 0 Å². The second-order valence-electron chi connectivity index (χ2n) is 6.27. The van der Waals surface area contributed by atoms with Crippen LogP contribution in [-0.4, -0.2) is 22.0 Å². The molecule has 6 nitrogen and oxygen atoms in total. The smallest absolute Gasteiger partial charge is 0.274 e. The highest BCUT2D eigenvalue weighted by molar-refractivity contribution is 6.03. The van der Waals surface area contributed by atoms with E-state index in [0.717, 1.165) is 11.3 Å². The lowest BCUT2D eigenvalue weighted by Gasteiger charge is -2.11. The Bertz CT molecular complexity index is 880. The molecule has 0 atom stereocenters. The number of aromatic nitrogens is 2. The molecule has 2 N–H and O–H groups in total. The minimum Gasteiger partial charge on any atom is -0.491 e. The number of nitrogens with one attached hydrogen (secondary N) is 2. The van der Waals surface area contributed by atoms with Crippen LogP contribution in [-0.2, 0) is 6.54 Å². The first-order valence-electron chi connectivity index (χ1n) is 8.78. The largest absolute Gasteiger partial charge is 0.491 e. The molecule has 0 radical (unpaired) electrons. The van der Waals surface area contributed by atoms with Gasteiger partial charge in [-0.3, -0.25) is 4.79 Å². The Balaban J connectivity index is 1.61. The Morgan fingerprint density at radius 2 is 1.78 bits per heavy atom. The highest BCUT2D eigenvalue weighted by Crippen LogP contribution is 2.17. The topological polar surface area (TPSA) is 76.1 Å². The summed E-state index contributed by atoms with van der Waals surface area (Å²) in [5, 5.41) is 6.03. The normalized spacial score (nSPS) is 10.5. The van der Waals surface area contributed by atoms with Crippen molar-refractivity contribution in [2.75, 3.05) is 10.6 Å². The van der Waals surface area contributed by atoms with Gasteiger partial charge in [0.15, 0.2) is 0 Å². The summed E-state index contributed by atoms with van der Waals surface area (Å²) in [6.45, 7) is 4.55. The lowest BCUT2D eigenvalue weighted by Crippen LogP contribution is -2.14. The van der Waals surface area contributed by atoms with Crippen molar-refractivity contribution in [1.29, 1.82) is 0 Å². The first kappa shape index (κ1) is 18.4. The molecule has 138 valence electrons. The maximum absolute atomic E-state index is 12.4. The fraction of sp³-hybridized carbons (Fsp3) is 0.190. The van der Waals surface area contributed by atoms with Gasteiger partial charge >= 0.3 is 0 Å². The van der Waals surface area contributed by atoms with Crippen LogP contribution in [0.2, 0.25) is 0 Å². The second kappa shape index (κ2) is 8.80. The van der Waals surface area contributed by atoms with Gasteiger partial charge in [0.05, 0.1) is 6.10 Å². The van der Waals surface area contributed by atoms with E-state index >= 15 is 0 Å². The van der Waals surface area contributed by atoms with Crippen molar-refractivity contribution in [2.45, 2.75) is 26.5 Å². The number of hydrogen-bond donors (Lipinski definition) is 2. The summed E-state index contributed by atoms with van der Waals surface area (Å²) in [7, 11) is 0. The first-order chi connectivity index (χ1) is 13.1. The highest BCUT2D eigenvalue weighted by atomic mass is 16.5. The molecule has 0 spiro atoms. The predicted octanol–water partition coefficient (Wildman–Crippen LogP) is 4.13. The number of ether oxygens (including phenoxy) is 1. The van der Waals surface area contributed by atoms with Gasteiger partial charge in [0.25, 0.3) is 5.91 Å². The lowest BCUT2D eigenvalue weighted by atomic mass is 10.2. The molecule has 6 heteroatoms. The third kappa shape index (κ3) is 5.54. The Morgan fingerprint density at radius 3 is 2.48 bits per heavy atom. The zero-order chi connectivity index (χ0) is 19.1. The third-order valence-electron chi connectivity index (χ3n) is 3.70. The van der Waals surface area contributed by atoms with E-state index in [2.05, 4.69) is 20.6 Å². The Labute approximate surface area is 158 Å². The molecule has 0 saturated carbocycles. The summed E-state index contributed by atoms with van der Waals surface area (Å²) >= 11 is 0. The molecule has 3 rings (SSSR count). The number of amides is 1. The van der Waals surface area contributed by atoms with Gasteiger partial charge in [-0.05, 0) is 43.7 Å². The summed E-state index contributed by atoms with van der Waals surface area (Å²) < 4.78 is 5.60. The molecule has 0 saturated heterocycles. The fourth-order valence-corrected chi connectivity index (χ4v) is 2.45. The summed E-state index contributed by atoms with van der Waals surface area (Å²) in [6.07, 6.45) is 1.48. The molecule has 0 bridgehead atoms. The molecule has 1 amide bonds. The molecule has 3 aromatic rings. The highest BCUT2D eigenvalue weighted by Gasteiger charge is 2.09. The first-order valence-corrected chi connectivity index (χ1v) is 8.78. The molecule has 0 aliphatic carbocycles. The molecule has 1 heterocycles. The Morgan fingerprint density at radius 1 is 1.04 bits per heavy atom. The minimum atomic E-state index is -0.294. The van der Waals surface area contributed by atoms with Crippen LogP contribution < -0.4 is 15.4 Å². The quantitative estimate of drug-likeness (QED) is 0.661. The summed E-state index contributed by atoms with van der Waals surface area (Å²) in [5.74, 6) is 1.06. The number of rotatable bonds is 7. The van der Waals surface area contributed by atoms with Gasteiger partial charge in [-0.2, -0.15) is 0 Å². The number of anilines is 2. The van der Waals surface area contributed by atoms with Gasteiger partial charge in [-0.15, -0.1) is 0 Å². The zero-order valence-electron chi connectivity index (χ0n) is 15.3. The SMILES string of the molecule is CC(C)Oc1ccc(NC(=O)c2cc(NCc3ccccc3)ncn2)cc1. The third-order valence-corrected chi connectivity index (χ3v) is 3.70. The van der Waals surface area contributed by atoms with Crippen molar-refractivity contribution in [3.05, 3.63) is 78.2 Å². The van der Waals surface area contributed by atoms with Gasteiger partial charge in [-0.1, -0.05) is 30.3 Å². The van der Waals surface area contributed by atoms with Crippen LogP contribution in [0.4, 0.5) is 11.5 Å². The molecular formula is C21H22N4O2. The van der Waals surface area contributed by atoms with Gasteiger partial charge in [-0.25, -0.2) is 9.97 Å². The van der Waals surface area contributed by atoms with Crippen LogP contribution in [0.15, 0.2) is 67.0 Å². The summed E-state index contributed by atoms with van der Waals surface area (Å²) in [4.78, 5) is 20.7. The maximum atomic E-state index is 12.4. The van der Waals surface area contributed by atoms with Crippen molar-refractivity contribution < 1.29 is 9.53 Å². The molecule has 0 aliphatic rings. The van der Waals surface area contributed by atoms with Gasteiger partial charge in [0.2, 0.25) is 0 Å². The maximum Gasteiger partial charge on any atom is 0.274 e. The molecule has 2 aromatic carbocycles. The monoisotopic (exact) mass is 362 g/mol. The van der Waals surface area contributed by atoms with Crippen molar-refractivity contribution in [2.24, 2.45) is 0 Å². The number of benzene rings is 2. The Hall–Kier alpha value is -3.41. The Kier molecular flexibility index (Phi) is 5.99. The van der Waals surface area contributed by atoms with E-state index in [9.17, 15) is 4.79 Å². The van der Waals surface area contributed by atoms with Crippen molar-refractivity contribution in [3.8, 4) is 5.75 Å². The van der Waals surface area contributed by atoms with Crippen LogP contribution in [0, 0.1) is 0 Å². The molecule has 0 unspecified atom stereocenters. The lowest BCUT2D eigenvalue weighted by molar-refractivity contribution is 0.102. The summed E-state index contributed by atoms with van der Waals surface area (Å²) in [6, 6.07) is 18.8. The van der Waals surface area contributed by atoms with Gasteiger partial charge in [0, 0.05) is 18.3 Å². The van der Waals surface area contributed by atoms with Crippen molar-refractivity contribution >= 4 is 17.4 Å². The van der Waals surface area contributed by atoms with Crippen LogP contribution >= 0.6 is 0 Å². The van der Waals surface area contributed by atoms with E-state index in [4.69, 9.17) is 4.74 Å². The van der Waals surface area contributed by atoms with Crippen molar-refractivity contribution in [1.82, 2.24) is 9.97 Å². The van der Waals surface area contributed by atoms with E-state index in [-0.39, 0.29) is 12.0 Å². The van der Waals surface area contributed by atoms with Crippen LogP contribution in [0.5, 0.6) is 5.75 Å². The molecular weight excluding hydrogens is 340 g/mol. The van der Waals surface area contributed by atoms with Gasteiger partial charge < -0.3 is 15.4 Å². The van der Waals surface area contributed by atoms with Crippen molar-refractivity contribution in [3.63, 3.8) is 0 Å². The minimum absolute atomic E-state index is 0.105. The van der Waals surface area contributed by atoms with E-state index in [1.165, 1.54) is 6.33 Å². The second-order valence-corrected chi connectivity index (χ2v) is 6.27. The number of hydrogen-bond acceptors (Lipinski definition) is 5. The average molecular weight is 362 g/mol. The van der Waals surface area contributed by atoms with E-state index in [1.807, 2.05) is 56.3 Å². The summed E-state index contributed by atoms with van der Waals surface area (Å²) in [5.41, 5.74) is 2.10. The standard InChI is InChI=1S/C21H22N4O2/c1-15(2)27-18-10-8-17(9-11-18)25-21(26)19-12-20(24-14-23-19)22-13-16-6-4-3-5-7-16/h3-12,14-15H,13H2,1-2H3,(H,25,26)(H,22,23,24). The van der Waals surface area contributed by atoms with Crippen LogP contribution in [0.3, 0.4) is 0 Å². The number of nitrogens with zero attached hydrogens (tertiary/aromatic N) is 2. The zero-order valence-corrected chi connectivity index (χ0v) is 15.3. The fourth-order valence-electron chi connectivity index (χ4n) is 2.45.